The van der Waals surface area contributed by atoms with Gasteiger partial charge in [0, 0.05) is 9.75 Å². The Kier molecular flexibility index (Phi) is 3.75. The zero-order valence-electron chi connectivity index (χ0n) is 15.6. The van der Waals surface area contributed by atoms with Crippen LogP contribution in [0.5, 0.6) is 5.88 Å². The fraction of sp³-hybridized carbons (Fsp3) is 0.300. The lowest BCUT2D eigenvalue weighted by atomic mass is 10.0. The first kappa shape index (κ1) is 17.2. The van der Waals surface area contributed by atoms with E-state index < -0.39 is 0 Å². The molecule has 3 aromatic heterocycles. The molecule has 4 rings (SSSR count). The van der Waals surface area contributed by atoms with Crippen molar-refractivity contribution in [3.8, 4) is 16.5 Å². The van der Waals surface area contributed by atoms with Crippen LogP contribution in [0, 0.1) is 41.5 Å². The SMILES string of the molecule is Cc1sc(C2=NC(=O)c3c(-c4sc(C)c(C)c4C)[nH]c(O)c32)c(C)c1C. The van der Waals surface area contributed by atoms with Gasteiger partial charge in [0.1, 0.15) is 0 Å². The predicted molar refractivity (Wildman–Crippen MR) is 108 cm³/mol. The van der Waals surface area contributed by atoms with E-state index in [4.69, 9.17) is 0 Å². The number of aliphatic imine (C=N–C) groups is 1. The number of aryl methyl sites for hydroxylation is 2. The van der Waals surface area contributed by atoms with Gasteiger partial charge in [0.25, 0.3) is 5.91 Å². The molecule has 26 heavy (non-hydrogen) atoms. The topological polar surface area (TPSA) is 65.5 Å². The highest BCUT2D eigenvalue weighted by molar-refractivity contribution is 7.16. The van der Waals surface area contributed by atoms with Gasteiger partial charge in [-0.15, -0.1) is 22.7 Å². The molecule has 0 spiro atoms. The Hall–Kier alpha value is -2.18. The highest BCUT2D eigenvalue weighted by Gasteiger charge is 2.36. The van der Waals surface area contributed by atoms with Gasteiger partial charge in [-0.05, 0) is 63.8 Å². The Bertz CT molecular complexity index is 1130. The number of fused-ring (bicyclic) bond motifs is 1. The highest BCUT2D eigenvalue weighted by atomic mass is 32.1. The number of carbonyl (C=O) groups excluding carboxylic acids is 1. The number of hydrogen-bond donors (Lipinski definition) is 2. The third kappa shape index (κ3) is 2.18. The summed E-state index contributed by atoms with van der Waals surface area (Å²) in [5, 5.41) is 10.6. The second kappa shape index (κ2) is 5.66. The second-order valence-electron chi connectivity index (χ2n) is 6.84. The maximum absolute atomic E-state index is 12.8. The van der Waals surface area contributed by atoms with E-state index in [0.717, 1.165) is 20.9 Å². The predicted octanol–water partition coefficient (Wildman–Crippen LogP) is 5.35. The number of aromatic hydroxyl groups is 1. The van der Waals surface area contributed by atoms with Crippen molar-refractivity contribution in [2.75, 3.05) is 0 Å². The molecule has 0 saturated heterocycles. The molecule has 2 N–H and O–H groups in total. The number of nitrogens with zero attached hydrogens (tertiary/aromatic N) is 1. The quantitative estimate of drug-likeness (QED) is 0.625. The summed E-state index contributed by atoms with van der Waals surface area (Å²) in [6.07, 6.45) is 0. The summed E-state index contributed by atoms with van der Waals surface area (Å²) in [5.74, 6) is -0.265. The van der Waals surface area contributed by atoms with Crippen molar-refractivity contribution in [2.45, 2.75) is 41.5 Å². The summed E-state index contributed by atoms with van der Waals surface area (Å²) >= 11 is 3.26. The fourth-order valence-electron chi connectivity index (χ4n) is 3.42. The second-order valence-corrected chi connectivity index (χ2v) is 9.29. The van der Waals surface area contributed by atoms with E-state index >= 15 is 0 Å². The van der Waals surface area contributed by atoms with Gasteiger partial charge in [0.05, 0.1) is 32.3 Å². The number of thiophene rings is 2. The lowest BCUT2D eigenvalue weighted by Gasteiger charge is -2.00. The maximum atomic E-state index is 12.8. The van der Waals surface area contributed by atoms with Crippen LogP contribution >= 0.6 is 22.7 Å². The van der Waals surface area contributed by atoms with Crippen LogP contribution in [0.4, 0.5) is 0 Å². The molecule has 0 saturated carbocycles. The summed E-state index contributed by atoms with van der Waals surface area (Å²) < 4.78 is 0. The molecule has 0 bridgehead atoms. The molecule has 0 aromatic carbocycles. The number of amides is 1. The zero-order valence-corrected chi connectivity index (χ0v) is 17.3. The number of nitrogens with one attached hydrogen (secondary N) is 1. The van der Waals surface area contributed by atoms with Crippen LogP contribution in [0.3, 0.4) is 0 Å². The molecular formula is C20H20N2O2S2. The van der Waals surface area contributed by atoms with Gasteiger partial charge in [-0.2, -0.15) is 0 Å². The van der Waals surface area contributed by atoms with E-state index in [2.05, 4.69) is 44.6 Å². The van der Waals surface area contributed by atoms with Crippen molar-refractivity contribution in [2.24, 2.45) is 4.99 Å². The molecular weight excluding hydrogens is 364 g/mol. The summed E-state index contributed by atoms with van der Waals surface area (Å²) in [4.78, 5) is 24.5. The van der Waals surface area contributed by atoms with E-state index in [1.54, 1.807) is 22.7 Å². The zero-order chi connectivity index (χ0) is 18.9. The number of aromatic nitrogens is 1. The first-order chi connectivity index (χ1) is 12.2. The fourth-order valence-corrected chi connectivity index (χ4v) is 5.76. The van der Waals surface area contributed by atoms with Crippen molar-refractivity contribution in [1.29, 1.82) is 0 Å². The van der Waals surface area contributed by atoms with Crippen molar-refractivity contribution < 1.29 is 9.90 Å². The monoisotopic (exact) mass is 384 g/mol. The van der Waals surface area contributed by atoms with E-state index in [1.807, 2.05) is 6.92 Å². The highest BCUT2D eigenvalue weighted by Crippen LogP contribution is 2.44. The van der Waals surface area contributed by atoms with E-state index in [0.29, 0.717) is 22.5 Å². The first-order valence-corrected chi connectivity index (χ1v) is 10.1. The molecule has 3 aromatic rings. The van der Waals surface area contributed by atoms with Gasteiger partial charge >= 0.3 is 0 Å². The summed E-state index contributed by atoms with van der Waals surface area (Å²) in [6.45, 7) is 12.4. The number of hydrogen-bond acceptors (Lipinski definition) is 4. The van der Waals surface area contributed by atoms with E-state index in [9.17, 15) is 9.90 Å². The van der Waals surface area contributed by atoms with Gasteiger partial charge < -0.3 is 10.1 Å². The molecule has 1 amide bonds. The molecule has 4 heterocycles. The maximum Gasteiger partial charge on any atom is 0.280 e. The first-order valence-electron chi connectivity index (χ1n) is 8.44. The lowest BCUT2D eigenvalue weighted by molar-refractivity contribution is 0.101. The molecule has 0 radical (unpaired) electrons. The molecule has 6 heteroatoms. The summed E-state index contributed by atoms with van der Waals surface area (Å²) in [5.41, 5.74) is 6.99. The Morgan fingerprint density at radius 2 is 1.35 bits per heavy atom. The third-order valence-electron chi connectivity index (χ3n) is 5.46. The molecule has 4 nitrogen and oxygen atoms in total. The molecule has 1 aliphatic heterocycles. The summed E-state index contributed by atoms with van der Waals surface area (Å²) in [6, 6.07) is 0. The van der Waals surface area contributed by atoms with Crippen molar-refractivity contribution in [1.82, 2.24) is 4.98 Å². The summed E-state index contributed by atoms with van der Waals surface area (Å²) in [7, 11) is 0. The minimum Gasteiger partial charge on any atom is -0.494 e. The van der Waals surface area contributed by atoms with Crippen LogP contribution in [-0.4, -0.2) is 21.7 Å². The average molecular weight is 385 g/mol. The van der Waals surface area contributed by atoms with Gasteiger partial charge in [-0.25, -0.2) is 4.99 Å². The van der Waals surface area contributed by atoms with Crippen LogP contribution < -0.4 is 0 Å². The minimum absolute atomic E-state index is 0.0193. The average Bonchev–Trinajstić information content (AvgIpc) is 3.26. The molecule has 0 aliphatic carbocycles. The Morgan fingerprint density at radius 1 is 0.808 bits per heavy atom. The molecule has 0 atom stereocenters. The minimum atomic E-state index is -0.284. The molecule has 1 aliphatic rings. The molecule has 0 fully saturated rings. The largest absolute Gasteiger partial charge is 0.494 e. The van der Waals surface area contributed by atoms with Gasteiger partial charge in [-0.1, -0.05) is 0 Å². The van der Waals surface area contributed by atoms with Gasteiger partial charge in [-0.3, -0.25) is 4.79 Å². The van der Waals surface area contributed by atoms with Gasteiger partial charge in [0.15, 0.2) is 5.88 Å². The van der Waals surface area contributed by atoms with Crippen molar-refractivity contribution >= 4 is 34.3 Å². The van der Waals surface area contributed by atoms with Crippen LogP contribution in [0.1, 0.15) is 52.8 Å². The normalized spacial score (nSPS) is 13.5. The number of carbonyl (C=O) groups is 1. The number of H-pyrrole nitrogens is 1. The number of aromatic amines is 1. The van der Waals surface area contributed by atoms with E-state index in [-0.39, 0.29) is 11.8 Å². The Balaban J connectivity index is 1.95. The van der Waals surface area contributed by atoms with E-state index in [1.165, 1.54) is 20.9 Å². The third-order valence-corrected chi connectivity index (χ3v) is 8.10. The van der Waals surface area contributed by atoms with Crippen LogP contribution in [0.15, 0.2) is 4.99 Å². The Labute approximate surface area is 160 Å². The Morgan fingerprint density at radius 3 is 1.85 bits per heavy atom. The van der Waals surface area contributed by atoms with Crippen molar-refractivity contribution in [3.63, 3.8) is 0 Å². The van der Waals surface area contributed by atoms with Crippen LogP contribution in [0.2, 0.25) is 0 Å². The lowest BCUT2D eigenvalue weighted by Crippen LogP contribution is -1.99. The smallest absolute Gasteiger partial charge is 0.280 e. The molecule has 0 unspecified atom stereocenters. The number of rotatable bonds is 2. The standard InChI is InChI=1S/C20H20N2O2S2/c1-7-9(3)17(25-11(7)5)15-13-14(20(24)21-15)16(22-19(13)23)18-10(4)8(2)12(6)26-18/h21,24H,1-6H3. The van der Waals surface area contributed by atoms with Crippen LogP contribution in [-0.2, 0) is 0 Å². The van der Waals surface area contributed by atoms with Crippen LogP contribution in [0.25, 0.3) is 10.6 Å². The van der Waals surface area contributed by atoms with Crippen molar-refractivity contribution in [3.05, 3.63) is 48.0 Å². The molecule has 134 valence electrons. The van der Waals surface area contributed by atoms with Gasteiger partial charge in [0.2, 0.25) is 0 Å².